The molecular formula is C14H10Cl2N2O. The first-order valence-electron chi connectivity index (χ1n) is 5.73. The maximum atomic E-state index is 12.4. The number of rotatable bonds is 1. The summed E-state index contributed by atoms with van der Waals surface area (Å²) in [4.78, 5) is 13.8. The van der Waals surface area contributed by atoms with Crippen LogP contribution in [0, 0.1) is 0 Å². The molecule has 2 aromatic rings. The van der Waals surface area contributed by atoms with E-state index in [-0.39, 0.29) is 5.91 Å². The lowest BCUT2D eigenvalue weighted by molar-refractivity contribution is -0.118. The van der Waals surface area contributed by atoms with Gasteiger partial charge in [-0.3, -0.25) is 9.69 Å². The van der Waals surface area contributed by atoms with Gasteiger partial charge < -0.3 is 5.73 Å². The van der Waals surface area contributed by atoms with Crippen molar-refractivity contribution in [1.29, 1.82) is 0 Å². The van der Waals surface area contributed by atoms with E-state index in [0.717, 1.165) is 11.3 Å². The molecule has 1 unspecified atom stereocenters. The van der Waals surface area contributed by atoms with Gasteiger partial charge in [0.05, 0.1) is 21.4 Å². The molecule has 0 aromatic heterocycles. The normalized spacial score (nSPS) is 17.7. The highest BCUT2D eigenvalue weighted by Gasteiger charge is 2.37. The van der Waals surface area contributed by atoms with E-state index in [9.17, 15) is 4.79 Å². The van der Waals surface area contributed by atoms with Crippen LogP contribution < -0.4 is 10.6 Å². The molecule has 19 heavy (non-hydrogen) atoms. The number of benzene rings is 2. The standard InChI is InChI=1S/C14H10Cl2N2O/c15-9-5-3-6-10(16)13(9)18-11-7-2-1-4-8(11)12(17)14(18)19/h1-7,12H,17H2. The van der Waals surface area contributed by atoms with E-state index >= 15 is 0 Å². The zero-order chi connectivity index (χ0) is 13.6. The average molecular weight is 293 g/mol. The molecule has 1 aliphatic rings. The first-order valence-corrected chi connectivity index (χ1v) is 6.49. The highest BCUT2D eigenvalue weighted by Crippen LogP contribution is 2.45. The van der Waals surface area contributed by atoms with Gasteiger partial charge in [0.1, 0.15) is 6.04 Å². The van der Waals surface area contributed by atoms with Crippen molar-refractivity contribution in [2.45, 2.75) is 6.04 Å². The monoisotopic (exact) mass is 292 g/mol. The third-order valence-corrected chi connectivity index (χ3v) is 3.77. The minimum Gasteiger partial charge on any atom is -0.316 e. The first-order chi connectivity index (χ1) is 9.11. The second-order valence-corrected chi connectivity index (χ2v) is 5.09. The van der Waals surface area contributed by atoms with Crippen LogP contribution in [-0.4, -0.2) is 5.91 Å². The number of fused-ring (bicyclic) bond motifs is 1. The fourth-order valence-electron chi connectivity index (χ4n) is 2.28. The summed E-state index contributed by atoms with van der Waals surface area (Å²) in [6, 6.07) is 11.8. The second kappa shape index (κ2) is 4.53. The molecule has 5 heteroatoms. The number of para-hydroxylation sites is 2. The summed E-state index contributed by atoms with van der Waals surface area (Å²) in [5.41, 5.74) is 7.94. The molecule has 3 rings (SSSR count). The fourth-order valence-corrected chi connectivity index (χ4v) is 2.84. The molecule has 0 bridgehead atoms. The van der Waals surface area contributed by atoms with Crippen molar-refractivity contribution in [3.05, 3.63) is 58.1 Å². The molecule has 3 nitrogen and oxygen atoms in total. The van der Waals surface area contributed by atoms with Crippen molar-refractivity contribution in [3.8, 4) is 0 Å². The van der Waals surface area contributed by atoms with E-state index in [1.165, 1.54) is 4.90 Å². The molecule has 1 heterocycles. The Hall–Kier alpha value is -1.55. The van der Waals surface area contributed by atoms with Gasteiger partial charge in [-0.05, 0) is 18.2 Å². The molecular weight excluding hydrogens is 283 g/mol. The molecule has 0 aliphatic carbocycles. The molecule has 1 atom stereocenters. The highest BCUT2D eigenvalue weighted by molar-refractivity contribution is 6.40. The topological polar surface area (TPSA) is 46.3 Å². The van der Waals surface area contributed by atoms with Crippen LogP contribution in [0.4, 0.5) is 11.4 Å². The third kappa shape index (κ3) is 1.82. The lowest BCUT2D eigenvalue weighted by atomic mass is 10.1. The smallest absolute Gasteiger partial charge is 0.253 e. The molecule has 2 aromatic carbocycles. The van der Waals surface area contributed by atoms with Crippen LogP contribution in [0.3, 0.4) is 0 Å². The molecule has 2 N–H and O–H groups in total. The number of hydrogen-bond donors (Lipinski definition) is 1. The zero-order valence-corrected chi connectivity index (χ0v) is 11.3. The largest absolute Gasteiger partial charge is 0.316 e. The van der Waals surface area contributed by atoms with E-state index in [4.69, 9.17) is 28.9 Å². The predicted octanol–water partition coefficient (Wildman–Crippen LogP) is 3.67. The maximum absolute atomic E-state index is 12.4. The van der Waals surface area contributed by atoms with Crippen LogP contribution in [0.1, 0.15) is 11.6 Å². The van der Waals surface area contributed by atoms with Gasteiger partial charge in [0, 0.05) is 5.56 Å². The summed E-state index contributed by atoms with van der Waals surface area (Å²) in [6.07, 6.45) is 0. The number of carbonyl (C=O) groups is 1. The SMILES string of the molecule is NC1C(=O)N(c2c(Cl)cccc2Cl)c2ccccc21. The van der Waals surface area contributed by atoms with Gasteiger partial charge in [0.15, 0.2) is 0 Å². The number of nitrogens with two attached hydrogens (primary N) is 1. The third-order valence-electron chi connectivity index (χ3n) is 3.16. The Bertz CT molecular complexity index is 652. The van der Waals surface area contributed by atoms with E-state index in [0.29, 0.717) is 15.7 Å². The predicted molar refractivity (Wildman–Crippen MR) is 77.0 cm³/mol. The van der Waals surface area contributed by atoms with Crippen molar-refractivity contribution in [2.75, 3.05) is 4.90 Å². The van der Waals surface area contributed by atoms with E-state index in [1.807, 2.05) is 24.3 Å². The highest BCUT2D eigenvalue weighted by atomic mass is 35.5. The molecule has 0 radical (unpaired) electrons. The van der Waals surface area contributed by atoms with Gasteiger partial charge >= 0.3 is 0 Å². The van der Waals surface area contributed by atoms with Gasteiger partial charge in [0.2, 0.25) is 0 Å². The fraction of sp³-hybridized carbons (Fsp3) is 0.0714. The number of nitrogens with zero attached hydrogens (tertiary/aromatic N) is 1. The van der Waals surface area contributed by atoms with Gasteiger partial charge in [-0.15, -0.1) is 0 Å². The zero-order valence-electron chi connectivity index (χ0n) is 9.81. The van der Waals surface area contributed by atoms with Gasteiger partial charge in [-0.1, -0.05) is 47.5 Å². The molecule has 1 aliphatic heterocycles. The van der Waals surface area contributed by atoms with E-state index < -0.39 is 6.04 Å². The molecule has 96 valence electrons. The summed E-state index contributed by atoms with van der Waals surface area (Å²) >= 11 is 12.3. The Morgan fingerprint density at radius 2 is 1.63 bits per heavy atom. The van der Waals surface area contributed by atoms with Crippen molar-refractivity contribution in [1.82, 2.24) is 0 Å². The first kappa shape index (κ1) is 12.5. The summed E-state index contributed by atoms with van der Waals surface area (Å²) in [5.74, 6) is -0.226. The molecule has 0 spiro atoms. The minimum absolute atomic E-state index is 0.226. The Balaban J connectivity index is 2.24. The van der Waals surface area contributed by atoms with Crippen molar-refractivity contribution >= 4 is 40.5 Å². The van der Waals surface area contributed by atoms with Crippen LogP contribution in [0.15, 0.2) is 42.5 Å². The molecule has 1 amide bonds. The van der Waals surface area contributed by atoms with Crippen LogP contribution in [-0.2, 0) is 4.79 Å². The van der Waals surface area contributed by atoms with Gasteiger partial charge in [0.25, 0.3) is 5.91 Å². The summed E-state index contributed by atoms with van der Waals surface area (Å²) in [7, 11) is 0. The lowest BCUT2D eigenvalue weighted by Gasteiger charge is -2.20. The van der Waals surface area contributed by atoms with E-state index in [1.54, 1.807) is 18.2 Å². The lowest BCUT2D eigenvalue weighted by Crippen LogP contribution is -2.28. The quantitative estimate of drug-likeness (QED) is 0.872. The van der Waals surface area contributed by atoms with Crippen molar-refractivity contribution in [3.63, 3.8) is 0 Å². The Kier molecular flexibility index (Phi) is 2.97. The molecule has 0 saturated heterocycles. The number of anilines is 2. The van der Waals surface area contributed by atoms with Crippen LogP contribution in [0.2, 0.25) is 10.0 Å². The van der Waals surface area contributed by atoms with Crippen LogP contribution >= 0.6 is 23.2 Å². The number of hydrogen-bond acceptors (Lipinski definition) is 2. The van der Waals surface area contributed by atoms with E-state index in [2.05, 4.69) is 0 Å². The Labute approximate surface area is 120 Å². The van der Waals surface area contributed by atoms with Crippen LogP contribution in [0.25, 0.3) is 0 Å². The van der Waals surface area contributed by atoms with Gasteiger partial charge in [-0.2, -0.15) is 0 Å². The van der Waals surface area contributed by atoms with Crippen molar-refractivity contribution < 1.29 is 4.79 Å². The summed E-state index contributed by atoms with van der Waals surface area (Å²) in [6.45, 7) is 0. The number of carbonyl (C=O) groups excluding carboxylic acids is 1. The minimum atomic E-state index is -0.677. The molecule has 0 saturated carbocycles. The summed E-state index contributed by atoms with van der Waals surface area (Å²) < 4.78 is 0. The number of halogens is 2. The Morgan fingerprint density at radius 3 is 2.32 bits per heavy atom. The second-order valence-electron chi connectivity index (χ2n) is 4.28. The van der Waals surface area contributed by atoms with Crippen LogP contribution in [0.5, 0.6) is 0 Å². The maximum Gasteiger partial charge on any atom is 0.253 e. The van der Waals surface area contributed by atoms with Gasteiger partial charge in [-0.25, -0.2) is 0 Å². The Morgan fingerprint density at radius 1 is 1.00 bits per heavy atom. The van der Waals surface area contributed by atoms with Crippen molar-refractivity contribution in [2.24, 2.45) is 5.73 Å². The number of amides is 1. The summed E-state index contributed by atoms with van der Waals surface area (Å²) in [5, 5.41) is 0.842. The average Bonchev–Trinajstić information content (AvgIpc) is 2.64. The molecule has 0 fully saturated rings.